The first-order chi connectivity index (χ1) is 6.79. The van der Waals surface area contributed by atoms with Crippen molar-refractivity contribution in [3.05, 3.63) is 5.92 Å². The predicted molar refractivity (Wildman–Crippen MR) is 66.4 cm³/mol. The van der Waals surface area contributed by atoms with E-state index in [1.165, 1.54) is 51.4 Å². The molecule has 0 amide bonds. The third-order valence-electron chi connectivity index (χ3n) is 3.13. The third-order valence-corrected chi connectivity index (χ3v) is 3.13. The van der Waals surface area contributed by atoms with Crippen molar-refractivity contribution in [2.75, 3.05) is 0 Å². The van der Waals surface area contributed by atoms with Crippen molar-refractivity contribution in [2.45, 2.75) is 79.1 Å². The average molecular weight is 197 g/mol. The van der Waals surface area contributed by atoms with Crippen LogP contribution in [-0.4, -0.2) is 0 Å². The summed E-state index contributed by atoms with van der Waals surface area (Å²) in [5, 5.41) is 0. The van der Waals surface area contributed by atoms with Gasteiger partial charge < -0.3 is 0 Å². The van der Waals surface area contributed by atoms with Gasteiger partial charge in [-0.2, -0.15) is 0 Å². The van der Waals surface area contributed by atoms with Crippen molar-refractivity contribution >= 4 is 0 Å². The Labute approximate surface area is 91.5 Å². The zero-order valence-corrected chi connectivity index (χ0v) is 10.7. The van der Waals surface area contributed by atoms with Gasteiger partial charge in [-0.15, -0.1) is 0 Å². The van der Waals surface area contributed by atoms with Crippen LogP contribution in [0.15, 0.2) is 0 Å². The average Bonchev–Trinajstić information content (AvgIpc) is 2.21. The molecule has 0 nitrogen and oxygen atoms in total. The lowest BCUT2D eigenvalue weighted by molar-refractivity contribution is 0.421. The Balaban J connectivity index is 3.97. The van der Waals surface area contributed by atoms with Crippen molar-refractivity contribution < 1.29 is 0 Å². The summed E-state index contributed by atoms with van der Waals surface area (Å²) in [4.78, 5) is 0. The van der Waals surface area contributed by atoms with Crippen molar-refractivity contribution in [2.24, 2.45) is 5.92 Å². The highest BCUT2D eigenvalue weighted by Gasteiger charge is 2.18. The SMILES string of the molecule is CCCC[C](CCC)C(CC)CCC. The molecule has 1 radical (unpaired) electrons. The molecule has 1 unspecified atom stereocenters. The lowest BCUT2D eigenvalue weighted by atomic mass is 9.80. The molecule has 85 valence electrons. The van der Waals surface area contributed by atoms with E-state index in [-0.39, 0.29) is 0 Å². The molecule has 1 atom stereocenters. The van der Waals surface area contributed by atoms with E-state index in [1.807, 2.05) is 5.92 Å². The molecule has 0 aromatic rings. The second-order valence-corrected chi connectivity index (χ2v) is 4.41. The first kappa shape index (κ1) is 14.0. The summed E-state index contributed by atoms with van der Waals surface area (Å²) in [7, 11) is 0. The van der Waals surface area contributed by atoms with E-state index in [9.17, 15) is 0 Å². The largest absolute Gasteiger partial charge is 0.0654 e. The minimum Gasteiger partial charge on any atom is -0.0654 e. The van der Waals surface area contributed by atoms with Gasteiger partial charge in [0.2, 0.25) is 0 Å². The first-order valence-electron chi connectivity index (χ1n) is 6.64. The molecule has 0 rings (SSSR count). The number of rotatable bonds is 9. The summed E-state index contributed by atoms with van der Waals surface area (Å²) in [5.74, 6) is 2.78. The van der Waals surface area contributed by atoms with E-state index in [0.29, 0.717) is 0 Å². The Morgan fingerprint density at radius 3 is 2.00 bits per heavy atom. The summed E-state index contributed by atoms with van der Waals surface area (Å²) in [6, 6.07) is 0. The smallest absolute Gasteiger partial charge is 0.0210 e. The van der Waals surface area contributed by atoms with Gasteiger partial charge in [0.25, 0.3) is 0 Å². The van der Waals surface area contributed by atoms with E-state index in [1.54, 1.807) is 0 Å². The molecule has 0 heterocycles. The van der Waals surface area contributed by atoms with Gasteiger partial charge in [-0.1, -0.05) is 66.2 Å². The molecule has 0 heteroatoms. The Morgan fingerprint density at radius 1 is 0.857 bits per heavy atom. The molecule has 0 saturated heterocycles. The Kier molecular flexibility index (Phi) is 9.55. The summed E-state index contributed by atoms with van der Waals surface area (Å²) in [5.41, 5.74) is 0. The lowest BCUT2D eigenvalue weighted by Gasteiger charge is -2.25. The standard InChI is InChI=1S/C14H29/c1-5-9-12-14(11-7-3)13(8-4)10-6-2/h13H,5-12H2,1-4H3. The Morgan fingerprint density at radius 2 is 1.57 bits per heavy atom. The molecule has 14 heavy (non-hydrogen) atoms. The molecule has 0 N–H and O–H groups in total. The fraction of sp³-hybridized carbons (Fsp3) is 0.929. The molecule has 0 bridgehead atoms. The zero-order valence-electron chi connectivity index (χ0n) is 10.7. The van der Waals surface area contributed by atoms with Crippen LogP contribution >= 0.6 is 0 Å². The molecule has 0 fully saturated rings. The van der Waals surface area contributed by atoms with E-state index >= 15 is 0 Å². The zero-order chi connectivity index (χ0) is 10.8. The van der Waals surface area contributed by atoms with Crippen LogP contribution in [0.4, 0.5) is 0 Å². The summed E-state index contributed by atoms with van der Waals surface area (Å²) < 4.78 is 0. The maximum Gasteiger partial charge on any atom is -0.0210 e. The molecule has 0 aromatic carbocycles. The normalized spacial score (nSPS) is 13.5. The van der Waals surface area contributed by atoms with Gasteiger partial charge in [-0.05, 0) is 24.7 Å². The van der Waals surface area contributed by atoms with Crippen LogP contribution in [0.3, 0.4) is 0 Å². The van der Waals surface area contributed by atoms with E-state index in [2.05, 4.69) is 27.7 Å². The maximum atomic E-state index is 2.35. The molecule has 0 aliphatic carbocycles. The lowest BCUT2D eigenvalue weighted by Crippen LogP contribution is -2.12. The van der Waals surface area contributed by atoms with Crippen LogP contribution < -0.4 is 0 Å². The van der Waals surface area contributed by atoms with Gasteiger partial charge in [0, 0.05) is 0 Å². The van der Waals surface area contributed by atoms with Crippen molar-refractivity contribution in [1.82, 2.24) is 0 Å². The quantitative estimate of drug-likeness (QED) is 0.465. The summed E-state index contributed by atoms with van der Waals surface area (Å²) in [6.45, 7) is 9.27. The van der Waals surface area contributed by atoms with Crippen molar-refractivity contribution in [3.63, 3.8) is 0 Å². The van der Waals surface area contributed by atoms with Crippen molar-refractivity contribution in [3.8, 4) is 0 Å². The van der Waals surface area contributed by atoms with Crippen LogP contribution in [0.5, 0.6) is 0 Å². The van der Waals surface area contributed by atoms with Crippen LogP contribution in [-0.2, 0) is 0 Å². The minimum absolute atomic E-state index is 0.923. The minimum atomic E-state index is 0.923. The Bertz CT molecular complexity index is 107. The fourth-order valence-corrected chi connectivity index (χ4v) is 2.30. The van der Waals surface area contributed by atoms with Gasteiger partial charge in [0.05, 0.1) is 0 Å². The van der Waals surface area contributed by atoms with Gasteiger partial charge in [0.15, 0.2) is 0 Å². The first-order valence-corrected chi connectivity index (χ1v) is 6.64. The van der Waals surface area contributed by atoms with Gasteiger partial charge in [0.1, 0.15) is 0 Å². The fourth-order valence-electron chi connectivity index (χ4n) is 2.30. The van der Waals surface area contributed by atoms with E-state index in [0.717, 1.165) is 5.92 Å². The molecule has 0 aliphatic rings. The van der Waals surface area contributed by atoms with Crippen LogP contribution in [0.25, 0.3) is 0 Å². The monoisotopic (exact) mass is 197 g/mol. The van der Waals surface area contributed by atoms with Crippen LogP contribution in [0.1, 0.15) is 79.1 Å². The second kappa shape index (κ2) is 9.55. The third kappa shape index (κ3) is 5.67. The highest BCUT2D eigenvalue weighted by molar-refractivity contribution is 4.95. The van der Waals surface area contributed by atoms with Crippen LogP contribution in [0.2, 0.25) is 0 Å². The van der Waals surface area contributed by atoms with Gasteiger partial charge in [-0.25, -0.2) is 0 Å². The van der Waals surface area contributed by atoms with E-state index < -0.39 is 0 Å². The van der Waals surface area contributed by atoms with E-state index in [4.69, 9.17) is 0 Å². The number of hydrogen-bond donors (Lipinski definition) is 0. The summed E-state index contributed by atoms with van der Waals surface area (Å²) in [6.07, 6.45) is 11.0. The molecular formula is C14H29. The number of unbranched alkanes of at least 4 members (excludes halogenated alkanes) is 1. The molecular weight excluding hydrogens is 168 g/mol. The highest BCUT2D eigenvalue weighted by Crippen LogP contribution is 2.31. The highest BCUT2D eigenvalue weighted by atomic mass is 14.2. The van der Waals surface area contributed by atoms with Crippen molar-refractivity contribution in [1.29, 1.82) is 0 Å². The number of hydrogen-bond acceptors (Lipinski definition) is 0. The molecule has 0 saturated carbocycles. The van der Waals surface area contributed by atoms with Gasteiger partial charge in [-0.3, -0.25) is 0 Å². The topological polar surface area (TPSA) is 0 Å². The maximum absolute atomic E-state index is 2.35. The molecule has 0 spiro atoms. The van der Waals surface area contributed by atoms with Crippen LogP contribution in [0, 0.1) is 11.8 Å². The Hall–Kier alpha value is 0. The second-order valence-electron chi connectivity index (χ2n) is 4.41. The molecule has 0 aliphatic heterocycles. The summed E-state index contributed by atoms with van der Waals surface area (Å²) >= 11 is 0. The predicted octanol–water partition coefficient (Wildman–Crippen LogP) is 5.38. The molecule has 0 aromatic heterocycles. The van der Waals surface area contributed by atoms with Gasteiger partial charge >= 0.3 is 0 Å².